The molecular formula is C15H28N2O2. The minimum atomic E-state index is -0.417. The number of nitrogens with one attached hydrogen (secondary N) is 1. The van der Waals surface area contributed by atoms with Crippen molar-refractivity contribution in [3.05, 3.63) is 0 Å². The molecule has 1 amide bonds. The smallest absolute Gasteiger partial charge is 0.407 e. The predicted octanol–water partition coefficient (Wildman–Crippen LogP) is 2.66. The van der Waals surface area contributed by atoms with Gasteiger partial charge in [-0.05, 0) is 64.3 Å². The maximum absolute atomic E-state index is 11.8. The Balaban J connectivity index is 1.77. The van der Waals surface area contributed by atoms with Gasteiger partial charge >= 0.3 is 6.09 Å². The van der Waals surface area contributed by atoms with Gasteiger partial charge in [0, 0.05) is 6.04 Å². The first-order chi connectivity index (χ1) is 8.89. The van der Waals surface area contributed by atoms with Crippen molar-refractivity contribution < 1.29 is 9.53 Å². The first-order valence-corrected chi connectivity index (χ1v) is 7.58. The average molecular weight is 268 g/mol. The van der Waals surface area contributed by atoms with E-state index in [1.54, 1.807) is 0 Å². The molecule has 2 aliphatic rings. The summed E-state index contributed by atoms with van der Waals surface area (Å²) in [6.07, 6.45) is 5.70. The number of ether oxygens (including phenoxy) is 1. The average Bonchev–Trinajstić information content (AvgIpc) is 3.05. The Labute approximate surface area is 116 Å². The lowest BCUT2D eigenvalue weighted by Gasteiger charge is -2.31. The van der Waals surface area contributed by atoms with E-state index < -0.39 is 5.60 Å². The molecule has 2 aliphatic carbocycles. The Hall–Kier alpha value is -0.770. The SMILES string of the molecule is CC(C)(C)OC(=O)N[C@@H]1CCCC(C2CC2CN)C1. The van der Waals surface area contributed by atoms with Crippen molar-refractivity contribution in [1.29, 1.82) is 0 Å². The van der Waals surface area contributed by atoms with Gasteiger partial charge in [-0.15, -0.1) is 0 Å². The highest BCUT2D eigenvalue weighted by Crippen LogP contribution is 2.48. The summed E-state index contributed by atoms with van der Waals surface area (Å²) in [7, 11) is 0. The van der Waals surface area contributed by atoms with E-state index in [-0.39, 0.29) is 12.1 Å². The van der Waals surface area contributed by atoms with Crippen LogP contribution in [0.15, 0.2) is 0 Å². The van der Waals surface area contributed by atoms with Gasteiger partial charge in [-0.25, -0.2) is 4.79 Å². The van der Waals surface area contributed by atoms with Crippen LogP contribution in [0.1, 0.15) is 52.9 Å². The minimum Gasteiger partial charge on any atom is -0.444 e. The zero-order chi connectivity index (χ0) is 14.0. The van der Waals surface area contributed by atoms with Crippen molar-refractivity contribution in [3.8, 4) is 0 Å². The van der Waals surface area contributed by atoms with E-state index in [1.807, 2.05) is 20.8 Å². The van der Waals surface area contributed by atoms with Crippen molar-refractivity contribution in [3.63, 3.8) is 0 Å². The molecule has 0 heterocycles. The summed E-state index contributed by atoms with van der Waals surface area (Å²) in [6, 6.07) is 0.285. The number of nitrogens with two attached hydrogens (primary N) is 1. The van der Waals surface area contributed by atoms with Gasteiger partial charge in [-0.3, -0.25) is 0 Å². The fraction of sp³-hybridized carbons (Fsp3) is 0.933. The van der Waals surface area contributed by atoms with E-state index in [4.69, 9.17) is 10.5 Å². The quantitative estimate of drug-likeness (QED) is 0.827. The second-order valence-corrected chi connectivity index (χ2v) is 7.17. The standard InChI is InChI=1S/C15H28N2O2/c1-15(2,3)19-14(18)17-12-6-4-5-10(7-12)13-8-11(13)9-16/h10-13H,4-9,16H2,1-3H3,(H,17,18)/t10?,11?,12-,13?/m1/s1. The molecular weight excluding hydrogens is 240 g/mol. The Morgan fingerprint density at radius 3 is 2.63 bits per heavy atom. The summed E-state index contributed by atoms with van der Waals surface area (Å²) in [6.45, 7) is 6.51. The number of hydrogen-bond acceptors (Lipinski definition) is 3. The predicted molar refractivity (Wildman–Crippen MR) is 75.8 cm³/mol. The molecule has 4 nitrogen and oxygen atoms in total. The van der Waals surface area contributed by atoms with Crippen LogP contribution >= 0.6 is 0 Å². The van der Waals surface area contributed by atoms with Gasteiger partial charge in [0.05, 0.1) is 0 Å². The van der Waals surface area contributed by atoms with Crippen LogP contribution in [0.5, 0.6) is 0 Å². The molecule has 0 spiro atoms. The third-order valence-corrected chi connectivity index (χ3v) is 4.32. The monoisotopic (exact) mass is 268 g/mol. The number of hydrogen-bond donors (Lipinski definition) is 2. The molecule has 0 aliphatic heterocycles. The third kappa shape index (κ3) is 4.37. The van der Waals surface area contributed by atoms with E-state index in [0.29, 0.717) is 0 Å². The minimum absolute atomic E-state index is 0.274. The summed E-state index contributed by atoms with van der Waals surface area (Å²) in [4.78, 5) is 11.8. The number of rotatable bonds is 3. The van der Waals surface area contributed by atoms with Gasteiger partial charge in [0.15, 0.2) is 0 Å². The van der Waals surface area contributed by atoms with Crippen molar-refractivity contribution in [2.45, 2.75) is 64.5 Å². The Bertz CT molecular complexity index is 325. The lowest BCUT2D eigenvalue weighted by molar-refractivity contribution is 0.0482. The van der Waals surface area contributed by atoms with Crippen LogP contribution in [0.2, 0.25) is 0 Å². The van der Waals surface area contributed by atoms with Gasteiger partial charge in [0.2, 0.25) is 0 Å². The summed E-state index contributed by atoms with van der Waals surface area (Å²) in [5.74, 6) is 2.31. The summed E-state index contributed by atoms with van der Waals surface area (Å²) in [5, 5.41) is 3.03. The van der Waals surface area contributed by atoms with Crippen molar-refractivity contribution in [2.24, 2.45) is 23.5 Å². The molecule has 2 saturated carbocycles. The molecule has 0 bridgehead atoms. The van der Waals surface area contributed by atoms with Crippen molar-refractivity contribution in [1.82, 2.24) is 5.32 Å². The largest absolute Gasteiger partial charge is 0.444 e. The molecule has 0 aromatic rings. The zero-order valence-corrected chi connectivity index (χ0v) is 12.4. The molecule has 0 aromatic heterocycles. The van der Waals surface area contributed by atoms with Crippen LogP contribution in [-0.4, -0.2) is 24.3 Å². The van der Waals surface area contributed by atoms with E-state index >= 15 is 0 Å². The second-order valence-electron chi connectivity index (χ2n) is 7.17. The molecule has 2 rings (SSSR count). The summed E-state index contributed by atoms with van der Waals surface area (Å²) >= 11 is 0. The molecule has 19 heavy (non-hydrogen) atoms. The number of carbonyl (C=O) groups is 1. The number of carbonyl (C=O) groups excluding carboxylic acids is 1. The highest BCUT2D eigenvalue weighted by atomic mass is 16.6. The van der Waals surface area contributed by atoms with Gasteiger partial charge in [-0.2, -0.15) is 0 Å². The third-order valence-electron chi connectivity index (χ3n) is 4.32. The van der Waals surface area contributed by atoms with Crippen LogP contribution in [0, 0.1) is 17.8 Å². The van der Waals surface area contributed by atoms with Crippen LogP contribution in [0.25, 0.3) is 0 Å². The molecule has 3 N–H and O–H groups in total. The highest BCUT2D eigenvalue weighted by molar-refractivity contribution is 5.68. The van der Waals surface area contributed by atoms with E-state index in [2.05, 4.69) is 5.32 Å². The lowest BCUT2D eigenvalue weighted by Crippen LogP contribution is -2.41. The van der Waals surface area contributed by atoms with E-state index in [0.717, 1.165) is 37.1 Å². The molecule has 4 atom stereocenters. The highest BCUT2D eigenvalue weighted by Gasteiger charge is 2.43. The van der Waals surface area contributed by atoms with Crippen LogP contribution < -0.4 is 11.1 Å². The zero-order valence-electron chi connectivity index (χ0n) is 12.4. The molecule has 0 aromatic carbocycles. The van der Waals surface area contributed by atoms with Crippen molar-refractivity contribution in [2.75, 3.05) is 6.54 Å². The molecule has 110 valence electrons. The molecule has 2 fully saturated rings. The molecule has 3 unspecified atom stereocenters. The Morgan fingerprint density at radius 1 is 1.32 bits per heavy atom. The van der Waals surface area contributed by atoms with E-state index in [1.165, 1.54) is 19.3 Å². The topological polar surface area (TPSA) is 64.3 Å². The summed E-state index contributed by atoms with van der Waals surface area (Å²) in [5.41, 5.74) is 5.31. The fourth-order valence-corrected chi connectivity index (χ4v) is 3.34. The first kappa shape index (κ1) is 14.6. The summed E-state index contributed by atoms with van der Waals surface area (Å²) < 4.78 is 5.32. The second kappa shape index (κ2) is 5.70. The number of amides is 1. The maximum Gasteiger partial charge on any atom is 0.407 e. The Kier molecular flexibility index (Phi) is 4.39. The van der Waals surface area contributed by atoms with Gasteiger partial charge in [0.1, 0.15) is 5.60 Å². The fourth-order valence-electron chi connectivity index (χ4n) is 3.34. The number of alkyl carbamates (subject to hydrolysis) is 1. The molecule has 0 saturated heterocycles. The van der Waals surface area contributed by atoms with Crippen molar-refractivity contribution >= 4 is 6.09 Å². The van der Waals surface area contributed by atoms with Gasteiger partial charge in [-0.1, -0.05) is 12.8 Å². The normalized spacial score (nSPS) is 34.7. The molecule has 0 radical (unpaired) electrons. The molecule has 4 heteroatoms. The van der Waals surface area contributed by atoms with Crippen LogP contribution in [-0.2, 0) is 4.74 Å². The van der Waals surface area contributed by atoms with Crippen LogP contribution in [0.4, 0.5) is 4.79 Å². The van der Waals surface area contributed by atoms with E-state index in [9.17, 15) is 4.79 Å². The van der Waals surface area contributed by atoms with Gasteiger partial charge in [0.25, 0.3) is 0 Å². The lowest BCUT2D eigenvalue weighted by atomic mass is 9.82. The Morgan fingerprint density at radius 2 is 2.05 bits per heavy atom. The first-order valence-electron chi connectivity index (χ1n) is 7.58. The van der Waals surface area contributed by atoms with Crippen LogP contribution in [0.3, 0.4) is 0 Å². The van der Waals surface area contributed by atoms with Gasteiger partial charge < -0.3 is 15.8 Å². The maximum atomic E-state index is 11.8.